The lowest BCUT2D eigenvalue weighted by Crippen LogP contribution is -2.42. The van der Waals surface area contributed by atoms with Gasteiger partial charge in [-0.15, -0.1) is 12.4 Å². The van der Waals surface area contributed by atoms with Crippen LogP contribution in [0.25, 0.3) is 0 Å². The van der Waals surface area contributed by atoms with Crippen LogP contribution in [0.2, 0.25) is 0 Å². The van der Waals surface area contributed by atoms with Crippen molar-refractivity contribution in [1.29, 1.82) is 0 Å². The van der Waals surface area contributed by atoms with Crippen LogP contribution in [0.15, 0.2) is 12.1 Å². The number of amides is 1. The summed E-state index contributed by atoms with van der Waals surface area (Å²) in [6.45, 7) is 2.85. The molecule has 0 aliphatic carbocycles. The van der Waals surface area contributed by atoms with Gasteiger partial charge in [-0.3, -0.25) is 4.79 Å². The molecule has 2 atom stereocenters. The van der Waals surface area contributed by atoms with Gasteiger partial charge in [0.15, 0.2) is 11.5 Å². The van der Waals surface area contributed by atoms with Gasteiger partial charge < -0.3 is 24.4 Å². The summed E-state index contributed by atoms with van der Waals surface area (Å²) in [4.78, 5) is 15.2. The second-order valence-corrected chi connectivity index (χ2v) is 6.29. The van der Waals surface area contributed by atoms with Gasteiger partial charge in [-0.1, -0.05) is 0 Å². The maximum Gasteiger partial charge on any atom is 0.254 e. The summed E-state index contributed by atoms with van der Waals surface area (Å²) < 4.78 is 16.7. The number of hydrogen-bond donors (Lipinski definition) is 1. The van der Waals surface area contributed by atoms with E-state index in [4.69, 9.17) is 14.2 Å². The highest BCUT2D eigenvalue weighted by atomic mass is 35.5. The van der Waals surface area contributed by atoms with Crippen LogP contribution in [-0.2, 0) is 0 Å². The summed E-state index contributed by atoms with van der Waals surface area (Å²) in [5.74, 6) is 1.82. The maximum atomic E-state index is 13.1. The topological polar surface area (TPSA) is 60.0 Å². The molecule has 3 heterocycles. The zero-order valence-electron chi connectivity index (χ0n) is 13.7. The summed E-state index contributed by atoms with van der Waals surface area (Å²) in [6.07, 6.45) is 3.19. The molecular weight excluding hydrogens is 332 g/mol. The van der Waals surface area contributed by atoms with E-state index in [1.54, 1.807) is 19.2 Å². The zero-order valence-corrected chi connectivity index (χ0v) is 14.6. The van der Waals surface area contributed by atoms with Crippen molar-refractivity contribution in [1.82, 2.24) is 10.2 Å². The number of hydrogen-bond acceptors (Lipinski definition) is 5. The van der Waals surface area contributed by atoms with Gasteiger partial charge in [0.05, 0.1) is 7.11 Å². The van der Waals surface area contributed by atoms with E-state index in [1.165, 1.54) is 0 Å². The first kappa shape index (κ1) is 17.2. The SMILES string of the molecule is COc1cc(C(=O)N2C3CCNCC2CC3)cc2c1OCCO2.Cl. The Morgan fingerprint density at radius 2 is 2.00 bits per heavy atom. The summed E-state index contributed by atoms with van der Waals surface area (Å²) >= 11 is 0. The number of carbonyl (C=O) groups excluding carboxylic acids is 1. The first-order valence-electron chi connectivity index (χ1n) is 8.29. The van der Waals surface area contributed by atoms with E-state index in [0.29, 0.717) is 42.1 Å². The fourth-order valence-electron chi connectivity index (χ4n) is 3.86. The molecule has 4 rings (SSSR count). The first-order valence-corrected chi connectivity index (χ1v) is 8.29. The molecule has 0 saturated carbocycles. The van der Waals surface area contributed by atoms with Gasteiger partial charge in [-0.2, -0.15) is 0 Å². The minimum atomic E-state index is 0. The summed E-state index contributed by atoms with van der Waals surface area (Å²) in [5.41, 5.74) is 0.616. The maximum absolute atomic E-state index is 13.1. The van der Waals surface area contributed by atoms with Crippen LogP contribution in [0.5, 0.6) is 17.2 Å². The molecule has 1 aromatic carbocycles. The molecule has 2 unspecified atom stereocenters. The van der Waals surface area contributed by atoms with Crippen molar-refractivity contribution in [3.63, 3.8) is 0 Å². The second kappa shape index (κ2) is 7.07. The van der Waals surface area contributed by atoms with Crippen LogP contribution in [0.1, 0.15) is 29.6 Å². The number of fused-ring (bicyclic) bond motifs is 3. The number of carbonyl (C=O) groups is 1. The summed E-state index contributed by atoms with van der Waals surface area (Å²) in [5, 5.41) is 3.42. The molecule has 2 fully saturated rings. The molecule has 2 saturated heterocycles. The van der Waals surface area contributed by atoms with Crippen LogP contribution < -0.4 is 19.5 Å². The Bertz CT molecular complexity index is 594. The quantitative estimate of drug-likeness (QED) is 0.878. The van der Waals surface area contributed by atoms with Crippen molar-refractivity contribution in [3.05, 3.63) is 17.7 Å². The summed E-state index contributed by atoms with van der Waals surface area (Å²) in [6, 6.07) is 4.18. The smallest absolute Gasteiger partial charge is 0.254 e. The minimum absolute atomic E-state index is 0. The number of nitrogens with one attached hydrogen (secondary N) is 1. The molecule has 3 aliphatic heterocycles. The van der Waals surface area contributed by atoms with Gasteiger partial charge in [0.2, 0.25) is 5.75 Å². The van der Waals surface area contributed by atoms with Crippen molar-refractivity contribution < 1.29 is 19.0 Å². The van der Waals surface area contributed by atoms with Crippen molar-refractivity contribution >= 4 is 18.3 Å². The molecule has 0 aromatic heterocycles. The molecule has 6 nitrogen and oxygen atoms in total. The fraction of sp³-hybridized carbons (Fsp3) is 0.588. The summed E-state index contributed by atoms with van der Waals surface area (Å²) in [7, 11) is 1.58. The number of benzene rings is 1. The molecule has 7 heteroatoms. The standard InChI is InChI=1S/C17H22N2O4.ClH/c1-21-14-8-11(9-15-16(14)23-7-6-22-15)17(20)19-12-2-3-13(19)10-18-5-4-12;/h8-9,12-13,18H,2-7,10H2,1H3;1H. The average Bonchev–Trinajstić information content (AvgIpc) is 2.85. The number of ether oxygens (including phenoxy) is 3. The lowest BCUT2D eigenvalue weighted by molar-refractivity contribution is 0.0678. The third-order valence-corrected chi connectivity index (χ3v) is 4.96. The van der Waals surface area contributed by atoms with E-state index in [1.807, 2.05) is 0 Å². The van der Waals surface area contributed by atoms with E-state index in [9.17, 15) is 4.79 Å². The van der Waals surface area contributed by atoms with Crippen molar-refractivity contribution in [2.24, 2.45) is 0 Å². The van der Waals surface area contributed by atoms with E-state index in [2.05, 4.69) is 10.2 Å². The van der Waals surface area contributed by atoms with E-state index >= 15 is 0 Å². The van der Waals surface area contributed by atoms with E-state index in [-0.39, 0.29) is 24.4 Å². The molecule has 132 valence electrons. The lowest BCUT2D eigenvalue weighted by atomic mass is 10.1. The highest BCUT2D eigenvalue weighted by Gasteiger charge is 2.38. The Kier molecular flexibility index (Phi) is 5.06. The Morgan fingerprint density at radius 1 is 1.21 bits per heavy atom. The normalized spacial score (nSPS) is 24.8. The molecule has 3 aliphatic rings. The van der Waals surface area contributed by atoms with Gasteiger partial charge in [-0.05, 0) is 37.9 Å². The number of nitrogens with zero attached hydrogens (tertiary/aromatic N) is 1. The van der Waals surface area contributed by atoms with Crippen molar-refractivity contribution in [2.75, 3.05) is 33.4 Å². The van der Waals surface area contributed by atoms with Crippen LogP contribution in [0.4, 0.5) is 0 Å². The first-order chi connectivity index (χ1) is 11.3. The Morgan fingerprint density at radius 3 is 2.83 bits per heavy atom. The molecule has 1 N–H and O–H groups in total. The molecule has 24 heavy (non-hydrogen) atoms. The predicted molar refractivity (Wildman–Crippen MR) is 91.7 cm³/mol. The Hall–Kier alpha value is -1.66. The highest BCUT2D eigenvalue weighted by molar-refractivity contribution is 5.96. The zero-order chi connectivity index (χ0) is 15.8. The number of rotatable bonds is 2. The molecule has 2 bridgehead atoms. The van der Waals surface area contributed by atoms with Crippen LogP contribution in [0, 0.1) is 0 Å². The van der Waals surface area contributed by atoms with Crippen molar-refractivity contribution in [2.45, 2.75) is 31.3 Å². The fourth-order valence-corrected chi connectivity index (χ4v) is 3.86. The monoisotopic (exact) mass is 354 g/mol. The molecule has 0 radical (unpaired) electrons. The molecule has 1 aromatic rings. The van der Waals surface area contributed by atoms with Crippen LogP contribution in [0.3, 0.4) is 0 Å². The van der Waals surface area contributed by atoms with Gasteiger partial charge in [0, 0.05) is 24.2 Å². The minimum Gasteiger partial charge on any atom is -0.493 e. The van der Waals surface area contributed by atoms with Gasteiger partial charge in [0.1, 0.15) is 13.2 Å². The van der Waals surface area contributed by atoms with Gasteiger partial charge in [0.25, 0.3) is 5.91 Å². The lowest BCUT2D eigenvalue weighted by Gasteiger charge is -2.29. The van der Waals surface area contributed by atoms with Gasteiger partial charge >= 0.3 is 0 Å². The van der Waals surface area contributed by atoms with Crippen LogP contribution in [-0.4, -0.2) is 56.3 Å². The predicted octanol–water partition coefficient (Wildman–Crippen LogP) is 1.85. The van der Waals surface area contributed by atoms with Crippen molar-refractivity contribution in [3.8, 4) is 17.2 Å². The van der Waals surface area contributed by atoms with E-state index < -0.39 is 0 Å². The number of halogens is 1. The second-order valence-electron chi connectivity index (χ2n) is 6.29. The number of methoxy groups -OCH3 is 1. The third-order valence-electron chi connectivity index (χ3n) is 4.96. The molecular formula is C17H23ClN2O4. The van der Waals surface area contributed by atoms with E-state index in [0.717, 1.165) is 32.4 Å². The average molecular weight is 355 g/mol. The highest BCUT2D eigenvalue weighted by Crippen LogP contribution is 2.41. The largest absolute Gasteiger partial charge is 0.493 e. The van der Waals surface area contributed by atoms with Gasteiger partial charge in [-0.25, -0.2) is 0 Å². The molecule has 1 amide bonds. The Balaban J connectivity index is 0.00000169. The van der Waals surface area contributed by atoms with Crippen LogP contribution >= 0.6 is 12.4 Å². The Labute approximate surface area is 147 Å². The third kappa shape index (κ3) is 2.89. The molecule has 0 spiro atoms.